The molecule has 0 radical (unpaired) electrons. The van der Waals surface area contributed by atoms with Gasteiger partial charge in [0.15, 0.2) is 0 Å². The third kappa shape index (κ3) is 6.89. The number of carbonyl (C=O) groups excluding carboxylic acids is 1. The van der Waals surface area contributed by atoms with Gasteiger partial charge in [-0.2, -0.15) is 10.5 Å². The highest BCUT2D eigenvalue weighted by atomic mass is 127. The summed E-state index contributed by atoms with van der Waals surface area (Å²) in [5.74, 6) is 1.41. The largest absolute Gasteiger partial charge is 0.497 e. The third-order valence-corrected chi connectivity index (χ3v) is 6.74. The summed E-state index contributed by atoms with van der Waals surface area (Å²) in [6.07, 6.45) is 1.54. The average Bonchev–Trinajstić information content (AvgIpc) is 2.89. The Hall–Kier alpha value is -3.29. The van der Waals surface area contributed by atoms with Gasteiger partial charge in [-0.25, -0.2) is 0 Å². The zero-order valence-electron chi connectivity index (χ0n) is 19.5. The Morgan fingerprint density at radius 2 is 1.72 bits per heavy atom. The number of nitriles is 2. The van der Waals surface area contributed by atoms with Gasteiger partial charge in [0.25, 0.3) is 5.91 Å². The lowest BCUT2D eigenvalue weighted by molar-refractivity contribution is -0.117. The molecule has 0 aliphatic rings. The van der Waals surface area contributed by atoms with Crippen LogP contribution in [-0.4, -0.2) is 20.1 Å². The van der Waals surface area contributed by atoms with Crippen LogP contribution < -0.4 is 19.5 Å². The molecule has 0 spiro atoms. The van der Waals surface area contributed by atoms with Gasteiger partial charge < -0.3 is 19.5 Å². The van der Waals surface area contributed by atoms with E-state index >= 15 is 0 Å². The predicted molar refractivity (Wildman–Crippen MR) is 152 cm³/mol. The normalized spacial score (nSPS) is 10.7. The number of carbonyl (C=O) groups is 1. The van der Waals surface area contributed by atoms with Crippen LogP contribution in [0.25, 0.3) is 6.08 Å². The van der Waals surface area contributed by atoms with E-state index in [0.29, 0.717) is 28.4 Å². The maximum Gasteiger partial charge on any atom is 0.262 e. The number of nitrogens with zero attached hydrogens (tertiary/aromatic N) is 2. The second-order valence-electron chi connectivity index (χ2n) is 7.40. The standard InChI is InChI=1S/C27H21I2N3O4/c1-34-22-8-7-19(25(12-22)35-2)15-32-27(33)21(14-31)9-17-10-23(28)26(24(29)11-17)36-16-20-6-4-3-5-18(20)13-30/h3-12H,15-16H2,1-2H3,(H,32,33)/b21-9+. The number of ether oxygens (including phenoxy) is 3. The maximum atomic E-state index is 12.7. The minimum absolute atomic E-state index is 0.0225. The van der Waals surface area contributed by atoms with Crippen LogP contribution >= 0.6 is 45.2 Å². The number of hydrogen-bond acceptors (Lipinski definition) is 6. The van der Waals surface area contributed by atoms with Gasteiger partial charge in [0.2, 0.25) is 0 Å². The van der Waals surface area contributed by atoms with E-state index in [1.54, 1.807) is 44.6 Å². The maximum absolute atomic E-state index is 12.7. The Kier molecular flexibility index (Phi) is 9.96. The van der Waals surface area contributed by atoms with Crippen molar-refractivity contribution in [1.82, 2.24) is 5.32 Å². The van der Waals surface area contributed by atoms with E-state index in [2.05, 4.69) is 56.6 Å². The van der Waals surface area contributed by atoms with Crippen molar-refractivity contribution in [1.29, 1.82) is 10.5 Å². The summed E-state index contributed by atoms with van der Waals surface area (Å²) in [4.78, 5) is 12.7. The lowest BCUT2D eigenvalue weighted by Crippen LogP contribution is -2.24. The highest BCUT2D eigenvalue weighted by Gasteiger charge is 2.14. The zero-order valence-corrected chi connectivity index (χ0v) is 23.8. The van der Waals surface area contributed by atoms with Gasteiger partial charge >= 0.3 is 0 Å². The Bertz CT molecular complexity index is 1370. The topological polar surface area (TPSA) is 104 Å². The van der Waals surface area contributed by atoms with Crippen molar-refractivity contribution >= 4 is 57.2 Å². The van der Waals surface area contributed by atoms with Crippen LogP contribution in [0.1, 0.15) is 22.3 Å². The fraction of sp³-hybridized carbons (Fsp3) is 0.148. The molecule has 0 saturated carbocycles. The molecule has 182 valence electrons. The molecule has 7 nitrogen and oxygen atoms in total. The van der Waals surface area contributed by atoms with Crippen LogP contribution in [0.4, 0.5) is 0 Å². The van der Waals surface area contributed by atoms with Crippen LogP contribution in [-0.2, 0) is 17.9 Å². The minimum Gasteiger partial charge on any atom is -0.497 e. The van der Waals surface area contributed by atoms with Crippen LogP contribution in [0.15, 0.2) is 60.2 Å². The lowest BCUT2D eigenvalue weighted by Gasteiger charge is -2.13. The molecule has 0 aromatic heterocycles. The van der Waals surface area contributed by atoms with E-state index in [0.717, 1.165) is 18.3 Å². The van der Waals surface area contributed by atoms with E-state index < -0.39 is 5.91 Å². The summed E-state index contributed by atoms with van der Waals surface area (Å²) in [6, 6.07) is 20.4. The van der Waals surface area contributed by atoms with Crippen LogP contribution in [0.2, 0.25) is 0 Å². The Labute approximate surface area is 237 Å². The van der Waals surface area contributed by atoms with Gasteiger partial charge in [-0.05, 0) is 87.2 Å². The SMILES string of the molecule is COc1ccc(CNC(=O)/C(C#N)=C/c2cc(I)c(OCc3ccccc3C#N)c(I)c2)c(OC)c1. The van der Waals surface area contributed by atoms with Crippen molar-refractivity contribution in [2.75, 3.05) is 14.2 Å². The monoisotopic (exact) mass is 705 g/mol. The molecule has 9 heteroatoms. The molecule has 0 unspecified atom stereocenters. The summed E-state index contributed by atoms with van der Waals surface area (Å²) in [5, 5.41) is 21.6. The molecular formula is C27H21I2N3O4. The molecule has 1 amide bonds. The molecule has 0 aliphatic heterocycles. The first-order valence-electron chi connectivity index (χ1n) is 10.6. The van der Waals surface area contributed by atoms with Gasteiger partial charge in [-0.1, -0.05) is 18.2 Å². The van der Waals surface area contributed by atoms with Crippen LogP contribution in [0, 0.1) is 29.8 Å². The average molecular weight is 705 g/mol. The van der Waals surface area contributed by atoms with Gasteiger partial charge in [0, 0.05) is 23.7 Å². The second-order valence-corrected chi connectivity index (χ2v) is 9.73. The van der Waals surface area contributed by atoms with E-state index in [9.17, 15) is 15.3 Å². The summed E-state index contributed by atoms with van der Waals surface area (Å²) in [6.45, 7) is 0.447. The highest BCUT2D eigenvalue weighted by molar-refractivity contribution is 14.1. The lowest BCUT2D eigenvalue weighted by atomic mass is 10.1. The Balaban J connectivity index is 1.74. The Morgan fingerprint density at radius 1 is 1.00 bits per heavy atom. The molecule has 0 saturated heterocycles. The number of amides is 1. The second kappa shape index (κ2) is 13.1. The fourth-order valence-corrected chi connectivity index (χ4v) is 5.42. The van der Waals surface area contributed by atoms with Crippen LogP contribution in [0.3, 0.4) is 0 Å². The molecule has 0 heterocycles. The van der Waals surface area contributed by atoms with Crippen molar-refractivity contribution in [2.24, 2.45) is 0 Å². The number of rotatable bonds is 9. The molecule has 1 N–H and O–H groups in total. The van der Waals surface area contributed by atoms with Crippen molar-refractivity contribution < 1.29 is 19.0 Å². The molecule has 0 aliphatic carbocycles. The number of methoxy groups -OCH3 is 2. The van der Waals surface area contributed by atoms with Crippen molar-refractivity contribution in [3.8, 4) is 29.4 Å². The molecular weight excluding hydrogens is 684 g/mol. The highest BCUT2D eigenvalue weighted by Crippen LogP contribution is 2.31. The minimum atomic E-state index is -0.492. The summed E-state index contributed by atoms with van der Waals surface area (Å²) in [7, 11) is 3.11. The van der Waals surface area contributed by atoms with Gasteiger partial charge in [-0.15, -0.1) is 0 Å². The molecule has 3 aromatic rings. The first-order valence-corrected chi connectivity index (χ1v) is 12.8. The molecule has 0 fully saturated rings. The number of hydrogen-bond donors (Lipinski definition) is 1. The van der Waals surface area contributed by atoms with E-state index in [1.807, 2.05) is 36.4 Å². The molecule has 0 atom stereocenters. The number of nitrogens with one attached hydrogen (secondary N) is 1. The summed E-state index contributed by atoms with van der Waals surface area (Å²) < 4.78 is 18.2. The van der Waals surface area contributed by atoms with E-state index in [1.165, 1.54) is 0 Å². The van der Waals surface area contributed by atoms with E-state index in [-0.39, 0.29) is 18.7 Å². The fourth-order valence-electron chi connectivity index (χ4n) is 3.29. The molecule has 3 rings (SSSR count). The van der Waals surface area contributed by atoms with Crippen molar-refractivity contribution in [2.45, 2.75) is 13.2 Å². The smallest absolute Gasteiger partial charge is 0.262 e. The summed E-state index contributed by atoms with van der Waals surface area (Å²) >= 11 is 4.31. The summed E-state index contributed by atoms with van der Waals surface area (Å²) in [5.41, 5.74) is 2.80. The van der Waals surface area contributed by atoms with Gasteiger partial charge in [0.05, 0.1) is 33.0 Å². The predicted octanol–water partition coefficient (Wildman–Crippen LogP) is 5.59. The molecule has 3 aromatic carbocycles. The van der Waals surface area contributed by atoms with Crippen LogP contribution in [0.5, 0.6) is 17.2 Å². The number of halogens is 2. The molecule has 0 bridgehead atoms. The van der Waals surface area contributed by atoms with E-state index in [4.69, 9.17) is 14.2 Å². The zero-order chi connectivity index (χ0) is 26.1. The molecule has 36 heavy (non-hydrogen) atoms. The number of benzene rings is 3. The first kappa shape index (κ1) is 27.3. The quantitative estimate of drug-likeness (QED) is 0.177. The van der Waals surface area contributed by atoms with Gasteiger partial charge in [-0.3, -0.25) is 4.79 Å². The van der Waals surface area contributed by atoms with Gasteiger partial charge in [0.1, 0.15) is 35.5 Å². The Morgan fingerprint density at radius 3 is 2.36 bits per heavy atom. The van der Waals surface area contributed by atoms with Crippen molar-refractivity contribution in [3.63, 3.8) is 0 Å². The third-order valence-electron chi connectivity index (χ3n) is 5.14. The first-order chi connectivity index (χ1) is 17.4. The van der Waals surface area contributed by atoms with Crippen molar-refractivity contribution in [3.05, 3.63) is 89.6 Å².